The number of piperidine rings is 1. The maximum absolute atomic E-state index is 12.5. The molecule has 1 atom stereocenters. The molecule has 2 N–H and O–H groups in total. The number of ether oxygens (including phenoxy) is 1. The summed E-state index contributed by atoms with van der Waals surface area (Å²) >= 11 is 0. The predicted molar refractivity (Wildman–Crippen MR) is 102 cm³/mol. The summed E-state index contributed by atoms with van der Waals surface area (Å²) in [6, 6.07) is 5.92. The lowest BCUT2D eigenvalue weighted by atomic mass is 10.1. The Balaban J connectivity index is 1.36. The average Bonchev–Trinajstić information content (AvgIpc) is 3.40. The second kappa shape index (κ2) is 8.52. The maximum atomic E-state index is 12.5. The Morgan fingerprint density at radius 1 is 1.26 bits per heavy atom. The Labute approximate surface area is 159 Å². The number of nitrogens with one attached hydrogen (secondary N) is 2. The first kappa shape index (κ1) is 18.0. The summed E-state index contributed by atoms with van der Waals surface area (Å²) in [6.07, 6.45) is 10.7. The van der Waals surface area contributed by atoms with Gasteiger partial charge >= 0.3 is 0 Å². The molecule has 2 aliphatic rings. The fourth-order valence-electron chi connectivity index (χ4n) is 3.82. The number of carbonyl (C=O) groups excluding carboxylic acids is 1. The SMILES string of the molecule is O=C(NCc1cccnc1OC1CCCC1)c1ccn(C2CCCNC2)n1. The first-order chi connectivity index (χ1) is 13.3. The van der Waals surface area contributed by atoms with E-state index in [9.17, 15) is 4.79 Å². The molecule has 1 saturated carbocycles. The van der Waals surface area contributed by atoms with Gasteiger partial charge in [0.2, 0.25) is 5.88 Å². The van der Waals surface area contributed by atoms with Gasteiger partial charge in [-0.3, -0.25) is 9.48 Å². The Morgan fingerprint density at radius 2 is 2.15 bits per heavy atom. The van der Waals surface area contributed by atoms with Crippen LogP contribution in [0.3, 0.4) is 0 Å². The molecule has 3 heterocycles. The molecule has 0 radical (unpaired) electrons. The third kappa shape index (κ3) is 4.47. The van der Waals surface area contributed by atoms with Gasteiger partial charge in [0.15, 0.2) is 0 Å². The molecule has 1 unspecified atom stereocenters. The number of hydrogen-bond donors (Lipinski definition) is 2. The Morgan fingerprint density at radius 3 is 2.96 bits per heavy atom. The van der Waals surface area contributed by atoms with Crippen LogP contribution in [0.15, 0.2) is 30.6 Å². The topological polar surface area (TPSA) is 81.1 Å². The molecular weight excluding hydrogens is 342 g/mol. The van der Waals surface area contributed by atoms with Crippen LogP contribution in [-0.4, -0.2) is 39.9 Å². The van der Waals surface area contributed by atoms with Gasteiger partial charge in [0.25, 0.3) is 5.91 Å². The molecule has 7 heteroatoms. The van der Waals surface area contributed by atoms with Crippen LogP contribution in [0.4, 0.5) is 0 Å². The molecule has 7 nitrogen and oxygen atoms in total. The van der Waals surface area contributed by atoms with E-state index < -0.39 is 0 Å². The number of pyridine rings is 1. The molecule has 1 aliphatic carbocycles. The molecule has 0 spiro atoms. The molecule has 4 rings (SSSR count). The van der Waals surface area contributed by atoms with E-state index in [4.69, 9.17) is 4.74 Å². The highest BCUT2D eigenvalue weighted by Gasteiger charge is 2.20. The number of carbonyl (C=O) groups is 1. The minimum Gasteiger partial charge on any atom is -0.474 e. The van der Waals surface area contributed by atoms with Crippen molar-refractivity contribution in [3.8, 4) is 5.88 Å². The molecule has 0 bridgehead atoms. The number of nitrogens with zero attached hydrogens (tertiary/aromatic N) is 3. The van der Waals surface area contributed by atoms with Crippen molar-refractivity contribution in [1.82, 2.24) is 25.4 Å². The van der Waals surface area contributed by atoms with E-state index in [0.717, 1.165) is 44.3 Å². The van der Waals surface area contributed by atoms with Gasteiger partial charge in [-0.2, -0.15) is 5.10 Å². The molecule has 1 aliphatic heterocycles. The second-order valence-corrected chi connectivity index (χ2v) is 7.36. The molecule has 0 aromatic carbocycles. The van der Waals surface area contributed by atoms with Crippen LogP contribution in [0.25, 0.3) is 0 Å². The monoisotopic (exact) mass is 369 g/mol. The van der Waals surface area contributed by atoms with Crippen LogP contribution in [0.1, 0.15) is 60.6 Å². The van der Waals surface area contributed by atoms with Crippen molar-refractivity contribution in [1.29, 1.82) is 0 Å². The summed E-state index contributed by atoms with van der Waals surface area (Å²) in [5, 5.41) is 10.8. The molecule has 2 aromatic heterocycles. The van der Waals surface area contributed by atoms with Gasteiger partial charge in [-0.25, -0.2) is 4.98 Å². The third-order valence-corrected chi connectivity index (χ3v) is 5.36. The minimum absolute atomic E-state index is 0.173. The Bertz CT molecular complexity index is 763. The molecular formula is C20H27N5O2. The summed E-state index contributed by atoms with van der Waals surface area (Å²) in [6.45, 7) is 2.34. The lowest BCUT2D eigenvalue weighted by Crippen LogP contribution is -2.32. The first-order valence-corrected chi connectivity index (χ1v) is 9.94. The first-order valence-electron chi connectivity index (χ1n) is 9.94. The van der Waals surface area contributed by atoms with E-state index in [-0.39, 0.29) is 12.0 Å². The van der Waals surface area contributed by atoms with E-state index in [1.165, 1.54) is 12.8 Å². The zero-order valence-corrected chi connectivity index (χ0v) is 15.6. The second-order valence-electron chi connectivity index (χ2n) is 7.36. The lowest BCUT2D eigenvalue weighted by molar-refractivity contribution is 0.0944. The normalized spacial score (nSPS) is 20.5. The van der Waals surface area contributed by atoms with Crippen molar-refractivity contribution in [2.75, 3.05) is 13.1 Å². The van der Waals surface area contributed by atoms with Crippen LogP contribution in [0.2, 0.25) is 0 Å². The molecule has 2 fully saturated rings. The van der Waals surface area contributed by atoms with Gasteiger partial charge in [-0.1, -0.05) is 6.07 Å². The highest BCUT2D eigenvalue weighted by atomic mass is 16.5. The Kier molecular flexibility index (Phi) is 5.67. The summed E-state index contributed by atoms with van der Waals surface area (Å²) in [5.74, 6) is 0.455. The highest BCUT2D eigenvalue weighted by molar-refractivity contribution is 5.92. The van der Waals surface area contributed by atoms with E-state index in [1.807, 2.05) is 23.0 Å². The molecule has 1 saturated heterocycles. The van der Waals surface area contributed by atoms with Crippen molar-refractivity contribution < 1.29 is 9.53 Å². The summed E-state index contributed by atoms with van der Waals surface area (Å²) < 4.78 is 7.94. The summed E-state index contributed by atoms with van der Waals surface area (Å²) in [5.41, 5.74) is 1.34. The van der Waals surface area contributed by atoms with Crippen molar-refractivity contribution in [2.45, 2.75) is 57.2 Å². The van der Waals surface area contributed by atoms with Crippen LogP contribution in [0, 0.1) is 0 Å². The Hall–Kier alpha value is -2.41. The van der Waals surface area contributed by atoms with E-state index in [1.54, 1.807) is 12.3 Å². The van der Waals surface area contributed by atoms with E-state index >= 15 is 0 Å². The molecule has 1 amide bonds. The van der Waals surface area contributed by atoms with Gasteiger partial charge in [0, 0.05) is 31.0 Å². The van der Waals surface area contributed by atoms with Gasteiger partial charge in [0.1, 0.15) is 11.8 Å². The van der Waals surface area contributed by atoms with Gasteiger partial charge < -0.3 is 15.4 Å². The molecule has 2 aromatic rings. The summed E-state index contributed by atoms with van der Waals surface area (Å²) in [7, 11) is 0. The fourth-order valence-corrected chi connectivity index (χ4v) is 3.82. The smallest absolute Gasteiger partial charge is 0.272 e. The van der Waals surface area contributed by atoms with Gasteiger partial charge in [-0.15, -0.1) is 0 Å². The van der Waals surface area contributed by atoms with E-state index in [2.05, 4.69) is 20.7 Å². The predicted octanol–water partition coefficient (Wildman–Crippen LogP) is 2.45. The van der Waals surface area contributed by atoms with Crippen molar-refractivity contribution in [3.63, 3.8) is 0 Å². The van der Waals surface area contributed by atoms with Crippen molar-refractivity contribution in [3.05, 3.63) is 41.9 Å². The largest absolute Gasteiger partial charge is 0.474 e. The number of hydrogen-bond acceptors (Lipinski definition) is 5. The minimum atomic E-state index is -0.173. The highest BCUT2D eigenvalue weighted by Crippen LogP contribution is 2.25. The summed E-state index contributed by atoms with van der Waals surface area (Å²) in [4.78, 5) is 16.9. The molecule has 144 valence electrons. The van der Waals surface area contributed by atoms with E-state index in [0.29, 0.717) is 24.2 Å². The number of aromatic nitrogens is 3. The fraction of sp³-hybridized carbons (Fsp3) is 0.550. The standard InChI is InChI=1S/C20H27N5O2/c26-19(18-9-12-25(24-18)16-6-4-10-21-14-16)23-13-15-5-3-11-22-20(15)27-17-7-1-2-8-17/h3,5,9,11-12,16-17,21H,1-2,4,6-8,10,13-14H2,(H,23,26). The zero-order valence-electron chi connectivity index (χ0n) is 15.6. The number of rotatable bonds is 6. The molecule has 27 heavy (non-hydrogen) atoms. The number of amides is 1. The van der Waals surface area contributed by atoms with Gasteiger partial charge in [0.05, 0.1) is 6.04 Å². The van der Waals surface area contributed by atoms with Gasteiger partial charge in [-0.05, 0) is 57.2 Å². The van der Waals surface area contributed by atoms with Crippen molar-refractivity contribution >= 4 is 5.91 Å². The average molecular weight is 369 g/mol. The maximum Gasteiger partial charge on any atom is 0.272 e. The zero-order chi connectivity index (χ0) is 18.5. The van der Waals surface area contributed by atoms with Crippen LogP contribution >= 0.6 is 0 Å². The quantitative estimate of drug-likeness (QED) is 0.817. The third-order valence-electron chi connectivity index (χ3n) is 5.36. The van der Waals surface area contributed by atoms with Crippen LogP contribution < -0.4 is 15.4 Å². The lowest BCUT2D eigenvalue weighted by Gasteiger charge is -2.22. The van der Waals surface area contributed by atoms with Crippen molar-refractivity contribution in [2.24, 2.45) is 0 Å². The van der Waals surface area contributed by atoms with Crippen LogP contribution in [-0.2, 0) is 6.54 Å². The van der Waals surface area contributed by atoms with Crippen LogP contribution in [0.5, 0.6) is 5.88 Å².